The van der Waals surface area contributed by atoms with E-state index in [0.29, 0.717) is 6.54 Å². The lowest BCUT2D eigenvalue weighted by Crippen LogP contribution is -2.38. The molecule has 1 aromatic carbocycles. The first-order valence-corrected chi connectivity index (χ1v) is 9.03. The smallest absolute Gasteiger partial charge is 0.215 e. The zero-order valence-corrected chi connectivity index (χ0v) is 13.4. The molecule has 0 atom stereocenters. The fourth-order valence-electron chi connectivity index (χ4n) is 2.43. The summed E-state index contributed by atoms with van der Waals surface area (Å²) in [6.45, 7) is 6.80. The molecule has 0 bridgehead atoms. The van der Waals surface area contributed by atoms with E-state index in [1.807, 2.05) is 31.2 Å². The Bertz CT molecular complexity index is 540. The van der Waals surface area contributed by atoms with Gasteiger partial charge in [0.2, 0.25) is 10.0 Å². The van der Waals surface area contributed by atoms with Crippen molar-refractivity contribution in [2.75, 3.05) is 39.4 Å². The van der Waals surface area contributed by atoms with E-state index in [-0.39, 0.29) is 5.75 Å². The van der Waals surface area contributed by atoms with Crippen molar-refractivity contribution in [1.82, 2.24) is 9.62 Å². The van der Waals surface area contributed by atoms with Crippen molar-refractivity contribution in [3.05, 3.63) is 35.4 Å². The van der Waals surface area contributed by atoms with E-state index in [1.54, 1.807) is 0 Å². The molecule has 1 aliphatic heterocycles. The molecule has 5 nitrogen and oxygen atoms in total. The first-order chi connectivity index (χ1) is 10.1. The standard InChI is InChI=1S/C15H24N2O3S/c1-14-4-2-5-15(12-14)13-21(18,19)16-6-3-7-17-8-10-20-11-9-17/h2,4-5,12,16H,3,6-11,13H2,1H3. The second-order valence-corrected chi connectivity index (χ2v) is 7.26. The minimum atomic E-state index is -3.25. The van der Waals surface area contributed by atoms with E-state index in [9.17, 15) is 8.42 Å². The molecule has 21 heavy (non-hydrogen) atoms. The largest absolute Gasteiger partial charge is 0.379 e. The Morgan fingerprint density at radius 1 is 1.29 bits per heavy atom. The van der Waals surface area contributed by atoms with Gasteiger partial charge in [-0.1, -0.05) is 29.8 Å². The summed E-state index contributed by atoms with van der Waals surface area (Å²) >= 11 is 0. The van der Waals surface area contributed by atoms with Gasteiger partial charge in [-0.15, -0.1) is 0 Å². The van der Waals surface area contributed by atoms with E-state index < -0.39 is 10.0 Å². The molecule has 2 rings (SSSR count). The zero-order chi connectivity index (χ0) is 15.1. The highest BCUT2D eigenvalue weighted by molar-refractivity contribution is 7.88. The molecule has 0 aromatic heterocycles. The number of hydrogen-bond acceptors (Lipinski definition) is 4. The molecule has 1 aromatic rings. The van der Waals surface area contributed by atoms with Crippen LogP contribution in [0.1, 0.15) is 17.5 Å². The van der Waals surface area contributed by atoms with Gasteiger partial charge in [0.05, 0.1) is 19.0 Å². The molecule has 1 saturated heterocycles. The predicted octanol–water partition coefficient (Wildman–Crippen LogP) is 1.14. The summed E-state index contributed by atoms with van der Waals surface area (Å²) in [6, 6.07) is 7.61. The first-order valence-electron chi connectivity index (χ1n) is 7.38. The molecule has 6 heteroatoms. The number of morpholine rings is 1. The number of rotatable bonds is 7. The highest BCUT2D eigenvalue weighted by Crippen LogP contribution is 2.07. The third-order valence-electron chi connectivity index (χ3n) is 3.52. The van der Waals surface area contributed by atoms with Gasteiger partial charge in [-0.3, -0.25) is 4.90 Å². The third kappa shape index (κ3) is 6.13. The lowest BCUT2D eigenvalue weighted by atomic mass is 10.2. The van der Waals surface area contributed by atoms with E-state index >= 15 is 0 Å². The van der Waals surface area contributed by atoms with Crippen LogP contribution in [0.2, 0.25) is 0 Å². The normalized spacial score (nSPS) is 17.0. The van der Waals surface area contributed by atoms with Gasteiger partial charge in [0.15, 0.2) is 0 Å². The Morgan fingerprint density at radius 3 is 2.76 bits per heavy atom. The molecule has 0 saturated carbocycles. The van der Waals surface area contributed by atoms with E-state index in [2.05, 4.69) is 9.62 Å². The highest BCUT2D eigenvalue weighted by Gasteiger charge is 2.12. The van der Waals surface area contributed by atoms with Gasteiger partial charge in [-0.25, -0.2) is 13.1 Å². The number of hydrogen-bond donors (Lipinski definition) is 1. The fraction of sp³-hybridized carbons (Fsp3) is 0.600. The number of ether oxygens (including phenoxy) is 1. The van der Waals surface area contributed by atoms with Crippen LogP contribution in [0.25, 0.3) is 0 Å². The van der Waals surface area contributed by atoms with Gasteiger partial charge < -0.3 is 4.74 Å². The second-order valence-electron chi connectivity index (χ2n) is 5.45. The molecule has 1 aliphatic rings. The average molecular weight is 312 g/mol. The zero-order valence-electron chi connectivity index (χ0n) is 12.5. The van der Waals surface area contributed by atoms with Crippen LogP contribution in [0.3, 0.4) is 0 Å². The predicted molar refractivity (Wildman–Crippen MR) is 83.7 cm³/mol. The van der Waals surface area contributed by atoms with Gasteiger partial charge in [0.1, 0.15) is 0 Å². The lowest BCUT2D eigenvalue weighted by Gasteiger charge is -2.26. The van der Waals surface area contributed by atoms with Crippen LogP contribution in [-0.2, 0) is 20.5 Å². The maximum Gasteiger partial charge on any atom is 0.215 e. The van der Waals surface area contributed by atoms with Gasteiger partial charge in [-0.05, 0) is 25.5 Å². The summed E-state index contributed by atoms with van der Waals surface area (Å²) in [5.74, 6) is 0.0479. The number of nitrogens with zero attached hydrogens (tertiary/aromatic N) is 1. The molecular weight excluding hydrogens is 288 g/mol. The number of benzene rings is 1. The lowest BCUT2D eigenvalue weighted by molar-refractivity contribution is 0.0376. The summed E-state index contributed by atoms with van der Waals surface area (Å²) in [5, 5.41) is 0. The van der Waals surface area contributed by atoms with E-state index in [0.717, 1.165) is 50.4 Å². The number of sulfonamides is 1. The molecule has 0 radical (unpaired) electrons. The van der Waals surface area contributed by atoms with Gasteiger partial charge >= 0.3 is 0 Å². The summed E-state index contributed by atoms with van der Waals surface area (Å²) in [6.07, 6.45) is 0.826. The van der Waals surface area contributed by atoms with Crippen LogP contribution >= 0.6 is 0 Å². The topological polar surface area (TPSA) is 58.6 Å². The molecule has 118 valence electrons. The van der Waals surface area contributed by atoms with Crippen molar-refractivity contribution in [1.29, 1.82) is 0 Å². The SMILES string of the molecule is Cc1cccc(CS(=O)(=O)NCCCN2CCOCC2)c1. The Kier molecular flexibility index (Phi) is 6.17. The van der Waals surface area contributed by atoms with E-state index in [4.69, 9.17) is 4.74 Å². The van der Waals surface area contributed by atoms with Crippen LogP contribution in [0, 0.1) is 6.92 Å². The van der Waals surface area contributed by atoms with Crippen molar-refractivity contribution in [2.45, 2.75) is 19.1 Å². The Hall–Kier alpha value is -0.950. The van der Waals surface area contributed by atoms with Gasteiger partial charge in [0.25, 0.3) is 0 Å². The van der Waals surface area contributed by atoms with Crippen molar-refractivity contribution in [3.63, 3.8) is 0 Å². The summed E-state index contributed by atoms with van der Waals surface area (Å²) in [5.41, 5.74) is 1.91. The third-order valence-corrected chi connectivity index (χ3v) is 4.87. The molecule has 1 heterocycles. The van der Waals surface area contributed by atoms with Crippen LogP contribution in [0.15, 0.2) is 24.3 Å². The molecule has 0 aliphatic carbocycles. The second kappa shape index (κ2) is 7.89. The first kappa shape index (κ1) is 16.4. The molecule has 1 N–H and O–H groups in total. The Morgan fingerprint density at radius 2 is 2.05 bits per heavy atom. The maximum absolute atomic E-state index is 12.0. The fourth-order valence-corrected chi connectivity index (χ4v) is 3.60. The molecular formula is C15H24N2O3S. The summed E-state index contributed by atoms with van der Waals surface area (Å²) in [4.78, 5) is 2.30. The molecule has 0 amide bonds. The Labute approximate surface area is 127 Å². The quantitative estimate of drug-likeness (QED) is 0.767. The summed E-state index contributed by atoms with van der Waals surface area (Å²) in [7, 11) is -3.25. The molecule has 0 unspecified atom stereocenters. The van der Waals surface area contributed by atoms with Crippen LogP contribution < -0.4 is 4.72 Å². The monoisotopic (exact) mass is 312 g/mol. The van der Waals surface area contributed by atoms with Crippen molar-refractivity contribution < 1.29 is 13.2 Å². The van der Waals surface area contributed by atoms with Crippen LogP contribution in [0.5, 0.6) is 0 Å². The molecule has 1 fully saturated rings. The highest BCUT2D eigenvalue weighted by atomic mass is 32.2. The number of aryl methyl sites for hydroxylation is 1. The van der Waals surface area contributed by atoms with Crippen molar-refractivity contribution in [3.8, 4) is 0 Å². The van der Waals surface area contributed by atoms with Crippen molar-refractivity contribution in [2.24, 2.45) is 0 Å². The number of nitrogens with one attached hydrogen (secondary N) is 1. The van der Waals surface area contributed by atoms with Crippen LogP contribution in [-0.4, -0.2) is 52.7 Å². The minimum Gasteiger partial charge on any atom is -0.379 e. The maximum atomic E-state index is 12.0. The summed E-state index contributed by atoms with van der Waals surface area (Å²) < 4.78 is 32.0. The molecule has 0 spiro atoms. The van der Waals surface area contributed by atoms with E-state index in [1.165, 1.54) is 0 Å². The van der Waals surface area contributed by atoms with Crippen molar-refractivity contribution >= 4 is 10.0 Å². The van der Waals surface area contributed by atoms with Gasteiger partial charge in [0, 0.05) is 19.6 Å². The average Bonchev–Trinajstić information content (AvgIpc) is 2.44. The van der Waals surface area contributed by atoms with Crippen LogP contribution in [0.4, 0.5) is 0 Å². The Balaban J connectivity index is 1.71. The van der Waals surface area contributed by atoms with Gasteiger partial charge in [-0.2, -0.15) is 0 Å². The minimum absolute atomic E-state index is 0.0479.